The van der Waals surface area contributed by atoms with E-state index < -0.39 is 5.97 Å². The van der Waals surface area contributed by atoms with Crippen molar-refractivity contribution in [2.24, 2.45) is 17.8 Å². The quantitative estimate of drug-likeness (QED) is 0.679. The molecule has 4 nitrogen and oxygen atoms in total. The summed E-state index contributed by atoms with van der Waals surface area (Å²) >= 11 is 0. The van der Waals surface area contributed by atoms with Crippen LogP contribution in [0.3, 0.4) is 0 Å². The Morgan fingerprint density at radius 1 is 1.27 bits per heavy atom. The Morgan fingerprint density at radius 2 is 1.91 bits per heavy atom. The molecule has 1 N–H and O–H groups in total. The lowest BCUT2D eigenvalue weighted by molar-refractivity contribution is -0.144. The molecule has 0 aromatic heterocycles. The van der Waals surface area contributed by atoms with Crippen LogP contribution in [0.5, 0.6) is 5.75 Å². The number of rotatable bonds is 4. The Kier molecular flexibility index (Phi) is 5.01. The number of carbonyl (C=O) groups excluding carboxylic acids is 1. The van der Waals surface area contributed by atoms with Gasteiger partial charge < -0.3 is 9.84 Å². The lowest BCUT2D eigenvalue weighted by Crippen LogP contribution is -2.30. The van der Waals surface area contributed by atoms with Gasteiger partial charge in [0.25, 0.3) is 0 Å². The third-order valence-electron chi connectivity index (χ3n) is 4.47. The van der Waals surface area contributed by atoms with E-state index in [2.05, 4.69) is 6.92 Å². The van der Waals surface area contributed by atoms with E-state index in [4.69, 9.17) is 4.74 Å². The second-order valence-electron chi connectivity index (χ2n) is 5.83. The summed E-state index contributed by atoms with van der Waals surface area (Å²) in [5.41, 5.74) is 2.26. The van der Waals surface area contributed by atoms with Crippen LogP contribution >= 0.6 is 0 Å². The number of aliphatic carboxylic acids is 1. The second-order valence-corrected chi connectivity index (χ2v) is 5.83. The third-order valence-corrected chi connectivity index (χ3v) is 4.47. The molecule has 0 aliphatic heterocycles. The maximum atomic E-state index is 11.3. The average Bonchev–Trinajstić information content (AvgIpc) is 2.46. The van der Waals surface area contributed by atoms with Crippen LogP contribution in [-0.2, 0) is 9.59 Å². The van der Waals surface area contributed by atoms with Crippen molar-refractivity contribution < 1.29 is 19.4 Å². The highest BCUT2D eigenvalue weighted by Gasteiger charge is 2.35. The molecule has 1 aliphatic carbocycles. The summed E-state index contributed by atoms with van der Waals surface area (Å²) in [7, 11) is 0. The molecule has 0 heterocycles. The van der Waals surface area contributed by atoms with E-state index in [1.165, 1.54) is 12.5 Å². The Labute approximate surface area is 130 Å². The van der Waals surface area contributed by atoms with Crippen LogP contribution in [0.2, 0.25) is 0 Å². The van der Waals surface area contributed by atoms with Crippen LogP contribution in [0.15, 0.2) is 30.3 Å². The van der Waals surface area contributed by atoms with Gasteiger partial charge in [0.05, 0.1) is 5.92 Å². The van der Waals surface area contributed by atoms with Crippen molar-refractivity contribution >= 4 is 17.5 Å². The van der Waals surface area contributed by atoms with Gasteiger partial charge in [-0.2, -0.15) is 0 Å². The molecular weight excluding hydrogens is 280 g/mol. The Hall–Kier alpha value is -2.10. The van der Waals surface area contributed by atoms with Crippen molar-refractivity contribution in [2.75, 3.05) is 0 Å². The standard InChI is InChI=1S/C18H22O4/c1-4-15-11(2)16(18(20)21)9-10-17(15)13-5-7-14(8-6-13)22-12(3)19/h5-8,10-11,15-16H,4,9H2,1-3H3,(H,20,21)/t11-,15+,16+/m0/s1. The zero-order valence-corrected chi connectivity index (χ0v) is 13.2. The van der Waals surface area contributed by atoms with Crippen molar-refractivity contribution in [3.05, 3.63) is 35.9 Å². The number of ether oxygens (including phenoxy) is 1. The molecule has 22 heavy (non-hydrogen) atoms. The van der Waals surface area contributed by atoms with Crippen molar-refractivity contribution in [3.63, 3.8) is 0 Å². The van der Waals surface area contributed by atoms with Gasteiger partial charge in [0, 0.05) is 6.92 Å². The number of hydrogen-bond donors (Lipinski definition) is 1. The summed E-state index contributed by atoms with van der Waals surface area (Å²) in [5.74, 6) is -0.503. The number of carboxylic acids is 1. The molecule has 1 aromatic carbocycles. The smallest absolute Gasteiger partial charge is 0.308 e. The van der Waals surface area contributed by atoms with Crippen LogP contribution < -0.4 is 4.74 Å². The molecule has 2 rings (SSSR count). The van der Waals surface area contributed by atoms with Crippen LogP contribution in [0.1, 0.15) is 39.2 Å². The van der Waals surface area contributed by atoms with E-state index in [1.54, 1.807) is 12.1 Å². The maximum Gasteiger partial charge on any atom is 0.308 e. The van der Waals surface area contributed by atoms with Crippen molar-refractivity contribution in [1.29, 1.82) is 0 Å². The fraction of sp³-hybridized carbons (Fsp3) is 0.444. The highest BCUT2D eigenvalue weighted by molar-refractivity contribution is 5.76. The summed E-state index contributed by atoms with van der Waals surface area (Å²) in [6.45, 7) is 5.48. The number of esters is 1. The summed E-state index contributed by atoms with van der Waals surface area (Å²) in [4.78, 5) is 22.3. The van der Waals surface area contributed by atoms with Gasteiger partial charge in [-0.05, 0) is 47.9 Å². The Bertz CT molecular complexity index is 586. The summed E-state index contributed by atoms with van der Waals surface area (Å²) < 4.78 is 5.04. The first-order valence-electron chi connectivity index (χ1n) is 7.65. The van der Waals surface area contributed by atoms with E-state index in [9.17, 15) is 14.7 Å². The monoisotopic (exact) mass is 302 g/mol. The summed E-state index contributed by atoms with van der Waals surface area (Å²) in [5, 5.41) is 9.32. The minimum atomic E-state index is -0.716. The predicted molar refractivity (Wildman–Crippen MR) is 84.4 cm³/mol. The average molecular weight is 302 g/mol. The number of carbonyl (C=O) groups is 2. The first-order chi connectivity index (χ1) is 10.4. The summed E-state index contributed by atoms with van der Waals surface area (Å²) in [6.07, 6.45) is 3.52. The van der Waals surface area contributed by atoms with E-state index in [-0.39, 0.29) is 23.7 Å². The van der Waals surface area contributed by atoms with Crippen molar-refractivity contribution in [3.8, 4) is 5.75 Å². The van der Waals surface area contributed by atoms with Crippen molar-refractivity contribution in [2.45, 2.75) is 33.6 Å². The third kappa shape index (κ3) is 3.38. The highest BCUT2D eigenvalue weighted by atomic mass is 16.5. The molecule has 1 aliphatic rings. The molecule has 0 unspecified atom stereocenters. The van der Waals surface area contributed by atoms with E-state index >= 15 is 0 Å². The number of carboxylic acid groups (broad SMARTS) is 1. The molecular formula is C18H22O4. The predicted octanol–water partition coefficient (Wildman–Crippen LogP) is 3.76. The SMILES string of the molecule is CC[C@H]1C(c2ccc(OC(C)=O)cc2)=CC[C@@H](C(=O)O)[C@H]1C. The molecule has 118 valence electrons. The first kappa shape index (κ1) is 16.3. The van der Waals surface area contributed by atoms with E-state index in [0.717, 1.165) is 12.0 Å². The molecule has 0 bridgehead atoms. The molecule has 0 spiro atoms. The minimum absolute atomic E-state index is 0.107. The zero-order chi connectivity index (χ0) is 16.3. The molecule has 0 radical (unpaired) electrons. The maximum absolute atomic E-state index is 11.3. The van der Waals surface area contributed by atoms with Crippen LogP contribution in [0, 0.1) is 17.8 Å². The fourth-order valence-electron chi connectivity index (χ4n) is 3.31. The molecule has 0 saturated heterocycles. The van der Waals surface area contributed by atoms with E-state index in [1.807, 2.05) is 25.1 Å². The van der Waals surface area contributed by atoms with Gasteiger partial charge >= 0.3 is 11.9 Å². The molecule has 0 amide bonds. The molecule has 0 saturated carbocycles. The largest absolute Gasteiger partial charge is 0.481 e. The topological polar surface area (TPSA) is 63.6 Å². The van der Waals surface area contributed by atoms with Gasteiger partial charge in [-0.15, -0.1) is 0 Å². The van der Waals surface area contributed by atoms with Crippen LogP contribution in [0.4, 0.5) is 0 Å². The molecule has 3 atom stereocenters. The van der Waals surface area contributed by atoms with Gasteiger partial charge in [0.2, 0.25) is 0 Å². The van der Waals surface area contributed by atoms with E-state index in [0.29, 0.717) is 12.2 Å². The van der Waals surface area contributed by atoms with Gasteiger partial charge in [0.15, 0.2) is 0 Å². The molecule has 4 heteroatoms. The normalized spacial score (nSPS) is 24.5. The molecule has 0 fully saturated rings. The molecule has 1 aromatic rings. The first-order valence-corrected chi connectivity index (χ1v) is 7.65. The lowest BCUT2D eigenvalue weighted by Gasteiger charge is -2.34. The lowest BCUT2D eigenvalue weighted by atomic mass is 9.70. The van der Waals surface area contributed by atoms with Crippen molar-refractivity contribution in [1.82, 2.24) is 0 Å². The highest BCUT2D eigenvalue weighted by Crippen LogP contribution is 2.41. The fourth-order valence-corrected chi connectivity index (χ4v) is 3.31. The van der Waals surface area contributed by atoms with Gasteiger partial charge in [-0.1, -0.05) is 32.1 Å². The van der Waals surface area contributed by atoms with Gasteiger partial charge in [-0.3, -0.25) is 9.59 Å². The zero-order valence-electron chi connectivity index (χ0n) is 13.2. The summed E-state index contributed by atoms with van der Waals surface area (Å²) in [6, 6.07) is 7.41. The van der Waals surface area contributed by atoms with Crippen LogP contribution in [-0.4, -0.2) is 17.0 Å². The number of benzene rings is 1. The number of hydrogen-bond acceptors (Lipinski definition) is 3. The Morgan fingerprint density at radius 3 is 2.41 bits per heavy atom. The van der Waals surface area contributed by atoms with Gasteiger partial charge in [-0.25, -0.2) is 0 Å². The Balaban J connectivity index is 2.26. The van der Waals surface area contributed by atoms with Crippen LogP contribution in [0.25, 0.3) is 5.57 Å². The number of allylic oxidation sites excluding steroid dienone is 2. The minimum Gasteiger partial charge on any atom is -0.481 e. The van der Waals surface area contributed by atoms with Gasteiger partial charge in [0.1, 0.15) is 5.75 Å². The second kappa shape index (κ2) is 6.77.